The average molecular weight is 507 g/mol. The van der Waals surface area contributed by atoms with E-state index in [1.165, 1.54) is 28.4 Å². The smallest absolute Gasteiger partial charge is 0.255 e. The molecule has 4 rings (SSSR count). The summed E-state index contributed by atoms with van der Waals surface area (Å²) in [7, 11) is 7.64. The van der Waals surface area contributed by atoms with Crippen molar-refractivity contribution >= 4 is 17.5 Å². The zero-order valence-electron chi connectivity index (χ0n) is 21.5. The molecule has 0 bridgehead atoms. The molecule has 0 fully saturated rings. The lowest BCUT2D eigenvalue weighted by Crippen LogP contribution is -2.32. The van der Waals surface area contributed by atoms with Crippen LogP contribution in [0, 0.1) is 0 Å². The zero-order valence-corrected chi connectivity index (χ0v) is 21.5. The van der Waals surface area contributed by atoms with Crippen molar-refractivity contribution in [1.82, 2.24) is 4.90 Å². The number of hydrogen-bond acceptors (Lipinski definition) is 7. The minimum atomic E-state index is -0.603. The molecule has 1 aliphatic rings. The minimum absolute atomic E-state index is 0.00723. The third kappa shape index (κ3) is 5.11. The maximum Gasteiger partial charge on any atom is 0.255 e. The Morgan fingerprint density at radius 1 is 0.838 bits per heavy atom. The summed E-state index contributed by atoms with van der Waals surface area (Å²) in [5, 5.41) is 2.91. The van der Waals surface area contributed by atoms with E-state index in [9.17, 15) is 9.59 Å². The number of rotatable bonds is 10. The van der Waals surface area contributed by atoms with Gasteiger partial charge in [0.25, 0.3) is 5.91 Å². The number of amides is 2. The SMILES string of the molecule is COc1ccc(NC(=O)C[C@@H](c2cc(OC)c(OC)c(OC)c2)N2Cc3ccccc3C2=O)cc1OC. The van der Waals surface area contributed by atoms with E-state index in [2.05, 4.69) is 5.32 Å². The summed E-state index contributed by atoms with van der Waals surface area (Å²) in [5.74, 6) is 1.92. The van der Waals surface area contributed by atoms with Crippen LogP contribution < -0.4 is 29.0 Å². The summed E-state index contributed by atoms with van der Waals surface area (Å²) in [5.41, 5.74) is 2.76. The summed E-state index contributed by atoms with van der Waals surface area (Å²) in [4.78, 5) is 28.4. The first-order valence-corrected chi connectivity index (χ1v) is 11.6. The molecule has 0 saturated heterocycles. The number of nitrogens with one attached hydrogen (secondary N) is 1. The van der Waals surface area contributed by atoms with Gasteiger partial charge in [0.1, 0.15) is 0 Å². The zero-order chi connectivity index (χ0) is 26.5. The molecule has 1 heterocycles. The van der Waals surface area contributed by atoms with Crippen LogP contribution in [0.2, 0.25) is 0 Å². The van der Waals surface area contributed by atoms with E-state index in [1.807, 2.05) is 18.2 Å². The molecule has 0 radical (unpaired) electrons. The Bertz CT molecular complexity index is 1280. The van der Waals surface area contributed by atoms with Crippen molar-refractivity contribution in [3.63, 3.8) is 0 Å². The maximum absolute atomic E-state index is 13.4. The molecule has 2 amide bonds. The van der Waals surface area contributed by atoms with Gasteiger partial charge in [0.05, 0.1) is 48.0 Å². The Kier molecular flexibility index (Phi) is 7.71. The van der Waals surface area contributed by atoms with Gasteiger partial charge in [-0.3, -0.25) is 9.59 Å². The van der Waals surface area contributed by atoms with Crippen molar-refractivity contribution < 1.29 is 33.3 Å². The molecule has 0 spiro atoms. The van der Waals surface area contributed by atoms with Gasteiger partial charge < -0.3 is 33.9 Å². The fourth-order valence-electron chi connectivity index (χ4n) is 4.53. The maximum atomic E-state index is 13.4. The number of ether oxygens (including phenoxy) is 5. The highest BCUT2D eigenvalue weighted by atomic mass is 16.5. The Hall–Kier alpha value is -4.40. The van der Waals surface area contributed by atoms with Crippen LogP contribution in [0.25, 0.3) is 0 Å². The second-order valence-corrected chi connectivity index (χ2v) is 8.39. The van der Waals surface area contributed by atoms with E-state index < -0.39 is 6.04 Å². The monoisotopic (exact) mass is 506 g/mol. The van der Waals surface area contributed by atoms with Crippen LogP contribution in [0.3, 0.4) is 0 Å². The highest BCUT2D eigenvalue weighted by Crippen LogP contribution is 2.43. The predicted molar refractivity (Wildman–Crippen MR) is 138 cm³/mol. The minimum Gasteiger partial charge on any atom is -0.493 e. The molecule has 0 aromatic heterocycles. The van der Waals surface area contributed by atoms with Gasteiger partial charge >= 0.3 is 0 Å². The van der Waals surface area contributed by atoms with Gasteiger partial charge in [0.15, 0.2) is 23.0 Å². The number of hydrogen-bond donors (Lipinski definition) is 1. The fourth-order valence-corrected chi connectivity index (χ4v) is 4.53. The first-order valence-electron chi connectivity index (χ1n) is 11.6. The number of nitrogens with zero attached hydrogens (tertiary/aromatic N) is 1. The Labute approximate surface area is 215 Å². The quantitative estimate of drug-likeness (QED) is 0.434. The van der Waals surface area contributed by atoms with Crippen LogP contribution in [0.5, 0.6) is 28.7 Å². The number of carbonyl (C=O) groups is 2. The van der Waals surface area contributed by atoms with Gasteiger partial charge in [0.2, 0.25) is 11.7 Å². The third-order valence-electron chi connectivity index (χ3n) is 6.34. The van der Waals surface area contributed by atoms with Gasteiger partial charge in [0, 0.05) is 23.9 Å². The van der Waals surface area contributed by atoms with Gasteiger partial charge in [-0.2, -0.15) is 0 Å². The van der Waals surface area contributed by atoms with Gasteiger partial charge in [-0.1, -0.05) is 18.2 Å². The van der Waals surface area contributed by atoms with Gasteiger partial charge in [-0.25, -0.2) is 0 Å². The van der Waals surface area contributed by atoms with E-state index in [0.29, 0.717) is 52.1 Å². The van der Waals surface area contributed by atoms with Crippen molar-refractivity contribution in [1.29, 1.82) is 0 Å². The molecule has 0 aliphatic carbocycles. The fraction of sp³-hybridized carbons (Fsp3) is 0.286. The molecular formula is C28H30N2O7. The number of anilines is 1. The lowest BCUT2D eigenvalue weighted by molar-refractivity contribution is -0.117. The first kappa shape index (κ1) is 25.7. The number of carbonyl (C=O) groups excluding carboxylic acids is 2. The molecule has 9 nitrogen and oxygen atoms in total. The van der Waals surface area contributed by atoms with Crippen molar-refractivity contribution in [3.8, 4) is 28.7 Å². The summed E-state index contributed by atoms with van der Waals surface area (Å²) in [6.45, 7) is 0.375. The van der Waals surface area contributed by atoms with Gasteiger partial charge in [-0.15, -0.1) is 0 Å². The lowest BCUT2D eigenvalue weighted by Gasteiger charge is -2.29. The van der Waals surface area contributed by atoms with E-state index in [1.54, 1.807) is 48.4 Å². The van der Waals surface area contributed by atoms with Crippen molar-refractivity contribution in [2.75, 3.05) is 40.9 Å². The molecular weight excluding hydrogens is 476 g/mol. The van der Waals surface area contributed by atoms with Crippen molar-refractivity contribution in [2.45, 2.75) is 19.0 Å². The summed E-state index contributed by atoms with van der Waals surface area (Å²) in [6, 6.07) is 15.5. The highest BCUT2D eigenvalue weighted by Gasteiger charge is 2.35. The van der Waals surface area contributed by atoms with Gasteiger partial charge in [-0.05, 0) is 41.5 Å². The molecule has 1 atom stereocenters. The first-order chi connectivity index (χ1) is 17.9. The molecule has 1 aliphatic heterocycles. The average Bonchev–Trinajstić information content (AvgIpc) is 3.26. The molecule has 37 heavy (non-hydrogen) atoms. The van der Waals surface area contributed by atoms with Crippen LogP contribution in [0.1, 0.15) is 33.9 Å². The van der Waals surface area contributed by atoms with Crippen molar-refractivity contribution in [2.24, 2.45) is 0 Å². The molecule has 0 unspecified atom stereocenters. The second-order valence-electron chi connectivity index (χ2n) is 8.39. The number of methoxy groups -OCH3 is 5. The van der Waals surface area contributed by atoms with Crippen LogP contribution in [0.4, 0.5) is 5.69 Å². The Balaban J connectivity index is 1.69. The standard InChI is InChI=1S/C28H30N2O7/c1-33-22-11-10-19(14-23(22)34-2)29-26(31)15-21(30-16-17-8-6-7-9-20(17)28(30)32)18-12-24(35-3)27(37-5)25(13-18)36-4/h6-14,21H,15-16H2,1-5H3,(H,29,31)/t21-/m0/s1. The molecule has 1 N–H and O–H groups in total. The van der Waals surface area contributed by atoms with E-state index in [4.69, 9.17) is 23.7 Å². The van der Waals surface area contributed by atoms with Crippen LogP contribution >= 0.6 is 0 Å². The van der Waals surface area contributed by atoms with Crippen LogP contribution in [0.15, 0.2) is 54.6 Å². The van der Waals surface area contributed by atoms with Crippen LogP contribution in [-0.2, 0) is 11.3 Å². The van der Waals surface area contributed by atoms with E-state index in [-0.39, 0.29) is 18.2 Å². The lowest BCUT2D eigenvalue weighted by atomic mass is 10.00. The Morgan fingerprint density at radius 3 is 2.08 bits per heavy atom. The number of fused-ring (bicyclic) bond motifs is 1. The summed E-state index contributed by atoms with van der Waals surface area (Å²) in [6.07, 6.45) is -0.00723. The molecule has 3 aromatic rings. The molecule has 3 aromatic carbocycles. The Morgan fingerprint density at radius 2 is 1.49 bits per heavy atom. The predicted octanol–water partition coefficient (Wildman–Crippen LogP) is 4.46. The molecule has 9 heteroatoms. The number of benzene rings is 3. The third-order valence-corrected chi connectivity index (χ3v) is 6.34. The summed E-state index contributed by atoms with van der Waals surface area (Å²) >= 11 is 0. The highest BCUT2D eigenvalue weighted by molar-refractivity contribution is 5.99. The second kappa shape index (κ2) is 11.1. The normalized spacial score (nSPS) is 13.0. The van der Waals surface area contributed by atoms with E-state index in [0.717, 1.165) is 5.56 Å². The largest absolute Gasteiger partial charge is 0.493 e. The topological polar surface area (TPSA) is 95.6 Å². The molecule has 0 saturated carbocycles. The summed E-state index contributed by atoms with van der Waals surface area (Å²) < 4.78 is 27.1. The molecule has 194 valence electrons. The van der Waals surface area contributed by atoms with Crippen molar-refractivity contribution in [3.05, 3.63) is 71.3 Å². The van der Waals surface area contributed by atoms with E-state index >= 15 is 0 Å². The van der Waals surface area contributed by atoms with Crippen LogP contribution in [-0.4, -0.2) is 52.3 Å².